The van der Waals surface area contributed by atoms with Gasteiger partial charge in [0.15, 0.2) is 0 Å². The summed E-state index contributed by atoms with van der Waals surface area (Å²) in [5.74, 6) is 0.694. The minimum absolute atomic E-state index is 0.429. The van der Waals surface area contributed by atoms with Gasteiger partial charge in [-0.15, -0.1) is 0 Å². The van der Waals surface area contributed by atoms with E-state index in [9.17, 15) is 0 Å². The highest BCUT2D eigenvalue weighted by Gasteiger charge is 2.42. The van der Waals surface area contributed by atoms with E-state index in [1.165, 1.54) is 30.4 Å². The summed E-state index contributed by atoms with van der Waals surface area (Å²) < 4.78 is 0. The first-order chi connectivity index (χ1) is 7.00. The van der Waals surface area contributed by atoms with Crippen molar-refractivity contribution in [1.82, 2.24) is 0 Å². The SMILES string of the molecule is C=C1CC/C=C(/C)C/C=C2\C1CC2(C)C. The zero-order chi connectivity index (χ0) is 11.1. The molecule has 2 aliphatic carbocycles. The average molecular weight is 202 g/mol. The van der Waals surface area contributed by atoms with Crippen molar-refractivity contribution in [2.75, 3.05) is 0 Å². The molecule has 1 saturated carbocycles. The molecule has 0 aromatic heterocycles. The third-order valence-electron chi connectivity index (χ3n) is 3.97. The maximum absolute atomic E-state index is 4.26. The maximum atomic E-state index is 4.26. The van der Waals surface area contributed by atoms with Crippen LogP contribution < -0.4 is 0 Å². The highest BCUT2D eigenvalue weighted by molar-refractivity contribution is 5.35. The van der Waals surface area contributed by atoms with E-state index in [4.69, 9.17) is 0 Å². The Morgan fingerprint density at radius 2 is 2.07 bits per heavy atom. The van der Waals surface area contributed by atoms with E-state index >= 15 is 0 Å². The van der Waals surface area contributed by atoms with Crippen molar-refractivity contribution in [3.8, 4) is 0 Å². The number of hydrogen-bond donors (Lipinski definition) is 0. The van der Waals surface area contributed by atoms with Gasteiger partial charge in [-0.3, -0.25) is 0 Å². The molecular weight excluding hydrogens is 180 g/mol. The van der Waals surface area contributed by atoms with Gasteiger partial charge < -0.3 is 0 Å². The number of rotatable bonds is 0. The predicted molar refractivity (Wildman–Crippen MR) is 66.7 cm³/mol. The van der Waals surface area contributed by atoms with Crippen molar-refractivity contribution in [3.63, 3.8) is 0 Å². The van der Waals surface area contributed by atoms with Crippen LogP contribution in [0.2, 0.25) is 0 Å². The summed E-state index contributed by atoms with van der Waals surface area (Å²) in [4.78, 5) is 0. The van der Waals surface area contributed by atoms with Gasteiger partial charge in [0.2, 0.25) is 0 Å². The van der Waals surface area contributed by atoms with E-state index in [0.29, 0.717) is 11.3 Å². The van der Waals surface area contributed by atoms with Gasteiger partial charge in [-0.25, -0.2) is 0 Å². The standard InChI is InChI=1S/C15H22/c1-11-6-5-7-12(2)13-10-15(3,4)14(13)9-8-11/h6,9,13H,2,5,7-8,10H2,1,3-4H3/b11-6-,14-9+. The van der Waals surface area contributed by atoms with Crippen molar-refractivity contribution in [3.05, 3.63) is 35.5 Å². The molecule has 0 N–H and O–H groups in total. The molecular formula is C15H22. The zero-order valence-corrected chi connectivity index (χ0v) is 10.3. The Morgan fingerprint density at radius 3 is 2.73 bits per heavy atom. The monoisotopic (exact) mass is 202 g/mol. The Kier molecular flexibility index (Phi) is 2.62. The largest absolute Gasteiger partial charge is 0.0992 e. The maximum Gasteiger partial charge on any atom is 0.00180 e. The molecule has 1 atom stereocenters. The van der Waals surface area contributed by atoms with Crippen LogP contribution in [-0.2, 0) is 0 Å². The van der Waals surface area contributed by atoms with Crippen LogP contribution in [0.5, 0.6) is 0 Å². The molecule has 0 aromatic rings. The molecule has 0 spiro atoms. The van der Waals surface area contributed by atoms with Gasteiger partial charge in [0.05, 0.1) is 0 Å². The average Bonchev–Trinajstić information content (AvgIpc) is 2.18. The Labute approximate surface area is 93.8 Å². The highest BCUT2D eigenvalue weighted by atomic mass is 14.5. The number of allylic oxidation sites excluding steroid dienone is 5. The van der Waals surface area contributed by atoms with Crippen molar-refractivity contribution in [2.45, 2.75) is 46.5 Å². The Hall–Kier alpha value is -0.780. The molecule has 15 heavy (non-hydrogen) atoms. The van der Waals surface area contributed by atoms with Gasteiger partial charge in [0.25, 0.3) is 0 Å². The first-order valence-corrected chi connectivity index (χ1v) is 6.04. The van der Waals surface area contributed by atoms with Crippen molar-refractivity contribution < 1.29 is 0 Å². The molecule has 2 aliphatic rings. The van der Waals surface area contributed by atoms with Crippen LogP contribution in [0.4, 0.5) is 0 Å². The lowest BCUT2D eigenvalue weighted by Crippen LogP contribution is -2.36. The minimum atomic E-state index is 0.429. The van der Waals surface area contributed by atoms with Crippen LogP contribution in [0, 0.1) is 11.3 Å². The molecule has 0 radical (unpaired) electrons. The molecule has 0 aromatic carbocycles. The van der Waals surface area contributed by atoms with Gasteiger partial charge in [-0.05, 0) is 38.0 Å². The van der Waals surface area contributed by atoms with Crippen LogP contribution in [0.1, 0.15) is 46.5 Å². The third kappa shape index (κ3) is 1.95. The number of hydrogen-bond acceptors (Lipinski definition) is 0. The molecule has 82 valence electrons. The molecule has 0 amide bonds. The van der Waals surface area contributed by atoms with Crippen LogP contribution >= 0.6 is 0 Å². The molecule has 0 aliphatic heterocycles. The lowest BCUT2D eigenvalue weighted by Gasteiger charge is -2.47. The fraction of sp³-hybridized carbons (Fsp3) is 0.600. The summed E-state index contributed by atoms with van der Waals surface area (Å²) >= 11 is 0. The third-order valence-corrected chi connectivity index (χ3v) is 3.97. The summed E-state index contributed by atoms with van der Waals surface area (Å²) in [6.07, 6.45) is 9.63. The van der Waals surface area contributed by atoms with E-state index in [-0.39, 0.29) is 0 Å². The van der Waals surface area contributed by atoms with E-state index < -0.39 is 0 Å². The van der Waals surface area contributed by atoms with E-state index in [0.717, 1.165) is 6.42 Å². The molecule has 0 nitrogen and oxygen atoms in total. The second-order valence-corrected chi connectivity index (χ2v) is 5.75. The molecule has 0 heteroatoms. The second kappa shape index (κ2) is 3.66. The second-order valence-electron chi connectivity index (χ2n) is 5.75. The summed E-state index contributed by atoms with van der Waals surface area (Å²) in [6.45, 7) is 11.2. The Bertz CT molecular complexity index is 339. The topological polar surface area (TPSA) is 0 Å². The molecule has 2 rings (SSSR count). The molecule has 0 bridgehead atoms. The molecule has 1 unspecified atom stereocenters. The Balaban J connectivity index is 2.25. The van der Waals surface area contributed by atoms with Crippen molar-refractivity contribution in [1.29, 1.82) is 0 Å². The molecule has 0 saturated heterocycles. The normalized spacial score (nSPS) is 37.0. The van der Waals surface area contributed by atoms with Crippen LogP contribution in [-0.4, -0.2) is 0 Å². The van der Waals surface area contributed by atoms with Gasteiger partial charge in [0.1, 0.15) is 0 Å². The first kappa shape index (κ1) is 10.7. The van der Waals surface area contributed by atoms with E-state index in [1.54, 1.807) is 5.57 Å². The minimum Gasteiger partial charge on any atom is -0.0992 e. The van der Waals surface area contributed by atoms with Crippen LogP contribution in [0.3, 0.4) is 0 Å². The predicted octanol–water partition coefficient (Wildman–Crippen LogP) is 4.65. The highest BCUT2D eigenvalue weighted by Crippen LogP contribution is 2.54. The lowest BCUT2D eigenvalue weighted by atomic mass is 9.57. The smallest absolute Gasteiger partial charge is 0.00180 e. The van der Waals surface area contributed by atoms with Gasteiger partial charge in [0, 0.05) is 5.92 Å². The fourth-order valence-corrected chi connectivity index (χ4v) is 2.89. The van der Waals surface area contributed by atoms with Gasteiger partial charge in [-0.2, -0.15) is 0 Å². The quantitative estimate of drug-likeness (QED) is 0.502. The van der Waals surface area contributed by atoms with Crippen molar-refractivity contribution in [2.24, 2.45) is 11.3 Å². The van der Waals surface area contributed by atoms with E-state index in [1.807, 2.05) is 0 Å². The molecule has 0 heterocycles. The van der Waals surface area contributed by atoms with Crippen molar-refractivity contribution >= 4 is 0 Å². The summed E-state index contributed by atoms with van der Waals surface area (Å²) in [5, 5.41) is 0. The zero-order valence-electron chi connectivity index (χ0n) is 10.3. The van der Waals surface area contributed by atoms with Gasteiger partial charge in [-0.1, -0.05) is 49.3 Å². The first-order valence-electron chi connectivity index (χ1n) is 6.04. The lowest BCUT2D eigenvalue weighted by molar-refractivity contribution is 0.234. The summed E-state index contributed by atoms with van der Waals surface area (Å²) in [7, 11) is 0. The summed E-state index contributed by atoms with van der Waals surface area (Å²) in [5.41, 5.74) is 5.03. The van der Waals surface area contributed by atoms with E-state index in [2.05, 4.69) is 39.5 Å². The molecule has 1 fully saturated rings. The Morgan fingerprint density at radius 1 is 1.33 bits per heavy atom. The van der Waals surface area contributed by atoms with Crippen LogP contribution in [0.15, 0.2) is 35.5 Å². The summed E-state index contributed by atoms with van der Waals surface area (Å²) in [6, 6.07) is 0. The number of fused-ring (bicyclic) bond motifs is 1. The van der Waals surface area contributed by atoms with Gasteiger partial charge >= 0.3 is 0 Å². The fourth-order valence-electron chi connectivity index (χ4n) is 2.89. The van der Waals surface area contributed by atoms with Crippen LogP contribution in [0.25, 0.3) is 0 Å².